The first kappa shape index (κ1) is 23.3. The Labute approximate surface area is 209 Å². The van der Waals surface area contributed by atoms with Gasteiger partial charge in [-0.05, 0) is 50.8 Å². The van der Waals surface area contributed by atoms with Crippen LogP contribution in [0.25, 0.3) is 22.4 Å². The highest BCUT2D eigenvalue weighted by molar-refractivity contribution is 6.30. The number of nitrogens with zero attached hydrogens (tertiary/aromatic N) is 6. The molecule has 186 valence electrons. The Kier molecular flexibility index (Phi) is 5.88. The molecule has 2 unspecified atom stereocenters. The lowest BCUT2D eigenvalue weighted by Gasteiger charge is -2.28. The third-order valence-corrected chi connectivity index (χ3v) is 6.95. The number of benzene rings is 1. The molecule has 11 heteroatoms. The topological polar surface area (TPSA) is 78.6 Å². The maximum atomic E-state index is 15.0. The van der Waals surface area contributed by atoms with Gasteiger partial charge in [0.05, 0.1) is 24.0 Å². The maximum absolute atomic E-state index is 15.0. The Morgan fingerprint density at radius 3 is 2.69 bits per heavy atom. The fourth-order valence-electron chi connectivity index (χ4n) is 4.64. The summed E-state index contributed by atoms with van der Waals surface area (Å²) < 4.78 is 50.2. The standard InChI is InChI=1S/C25H22ClF3N6O/c1-12-20(23(28)29)32-22-21(17-5-2-15(26)9-18(17)27)33-24(34-25(22)31-12)13-6-7-36-19(8-13)14-10-30-35(11-14)16-3-4-16/h2,5,9-11,13,16,19,23H,3-4,6-8H2,1H3. The van der Waals surface area contributed by atoms with Gasteiger partial charge in [0.15, 0.2) is 5.65 Å². The summed E-state index contributed by atoms with van der Waals surface area (Å²) >= 11 is 5.94. The molecule has 3 aromatic heterocycles. The van der Waals surface area contributed by atoms with Crippen molar-refractivity contribution < 1.29 is 17.9 Å². The minimum Gasteiger partial charge on any atom is -0.373 e. The number of aromatic nitrogens is 6. The van der Waals surface area contributed by atoms with Gasteiger partial charge >= 0.3 is 0 Å². The minimum absolute atomic E-state index is 0.0233. The fraction of sp³-hybridized carbons (Fsp3) is 0.400. The smallest absolute Gasteiger partial charge is 0.282 e. The zero-order chi connectivity index (χ0) is 25.0. The summed E-state index contributed by atoms with van der Waals surface area (Å²) in [5.41, 5.74) is 0.971. The van der Waals surface area contributed by atoms with E-state index in [4.69, 9.17) is 16.3 Å². The third kappa shape index (κ3) is 4.32. The minimum atomic E-state index is -2.84. The second-order valence-electron chi connectivity index (χ2n) is 9.29. The Balaban J connectivity index is 1.43. The Hall–Kier alpha value is -3.11. The molecular weight excluding hydrogens is 493 g/mol. The van der Waals surface area contributed by atoms with Crippen molar-refractivity contribution in [1.82, 2.24) is 29.7 Å². The lowest BCUT2D eigenvalue weighted by atomic mass is 9.92. The van der Waals surface area contributed by atoms with Crippen molar-refractivity contribution in [1.29, 1.82) is 0 Å². The third-order valence-electron chi connectivity index (χ3n) is 6.72. The van der Waals surface area contributed by atoms with Gasteiger partial charge in [-0.15, -0.1) is 0 Å². The quantitative estimate of drug-likeness (QED) is 0.311. The van der Waals surface area contributed by atoms with Gasteiger partial charge in [-0.2, -0.15) is 5.10 Å². The molecule has 2 fully saturated rings. The molecule has 6 rings (SSSR count). The van der Waals surface area contributed by atoms with E-state index in [-0.39, 0.29) is 45.2 Å². The van der Waals surface area contributed by atoms with E-state index in [2.05, 4.69) is 25.0 Å². The van der Waals surface area contributed by atoms with Crippen LogP contribution in [0.3, 0.4) is 0 Å². The molecule has 0 spiro atoms. The van der Waals surface area contributed by atoms with E-state index in [1.807, 2.05) is 17.1 Å². The highest BCUT2D eigenvalue weighted by Gasteiger charge is 2.31. The predicted molar refractivity (Wildman–Crippen MR) is 126 cm³/mol. The Morgan fingerprint density at radius 1 is 1.11 bits per heavy atom. The molecular formula is C25H22ClF3N6O. The van der Waals surface area contributed by atoms with Crippen LogP contribution in [0, 0.1) is 12.7 Å². The van der Waals surface area contributed by atoms with E-state index in [0.717, 1.165) is 24.5 Å². The van der Waals surface area contributed by atoms with E-state index in [9.17, 15) is 13.2 Å². The normalized spacial score (nSPS) is 20.4. The van der Waals surface area contributed by atoms with Crippen LogP contribution in [-0.2, 0) is 4.74 Å². The van der Waals surface area contributed by atoms with Crippen molar-refractivity contribution in [2.75, 3.05) is 6.61 Å². The van der Waals surface area contributed by atoms with Crippen LogP contribution in [0.5, 0.6) is 0 Å². The second kappa shape index (κ2) is 9.08. The Morgan fingerprint density at radius 2 is 1.94 bits per heavy atom. The van der Waals surface area contributed by atoms with Gasteiger partial charge < -0.3 is 4.74 Å². The first-order chi connectivity index (χ1) is 17.4. The largest absolute Gasteiger partial charge is 0.373 e. The molecule has 1 saturated carbocycles. The van der Waals surface area contributed by atoms with Crippen molar-refractivity contribution in [3.8, 4) is 11.3 Å². The van der Waals surface area contributed by atoms with Gasteiger partial charge in [0, 0.05) is 34.9 Å². The van der Waals surface area contributed by atoms with Crippen LogP contribution in [0.4, 0.5) is 13.2 Å². The summed E-state index contributed by atoms with van der Waals surface area (Å²) in [6.07, 6.45) is 4.38. The van der Waals surface area contributed by atoms with Gasteiger partial charge in [0.25, 0.3) is 6.43 Å². The molecule has 4 aromatic rings. The molecule has 1 saturated heterocycles. The van der Waals surface area contributed by atoms with Crippen molar-refractivity contribution in [2.45, 2.75) is 57.1 Å². The van der Waals surface area contributed by atoms with Gasteiger partial charge in [0.2, 0.25) is 0 Å². The molecule has 1 aromatic carbocycles. The number of alkyl halides is 2. The molecule has 36 heavy (non-hydrogen) atoms. The lowest BCUT2D eigenvalue weighted by Crippen LogP contribution is -2.20. The van der Waals surface area contributed by atoms with Crippen LogP contribution in [-0.4, -0.2) is 36.3 Å². The first-order valence-corrected chi connectivity index (χ1v) is 12.2. The highest BCUT2D eigenvalue weighted by atomic mass is 35.5. The number of rotatable bonds is 5. The molecule has 1 aliphatic carbocycles. The molecule has 0 bridgehead atoms. The van der Waals surface area contributed by atoms with E-state index in [0.29, 0.717) is 31.3 Å². The summed E-state index contributed by atoms with van der Waals surface area (Å²) in [6.45, 7) is 1.95. The van der Waals surface area contributed by atoms with Crippen LogP contribution in [0.2, 0.25) is 5.02 Å². The molecule has 0 radical (unpaired) electrons. The van der Waals surface area contributed by atoms with Crippen molar-refractivity contribution in [3.05, 3.63) is 64.2 Å². The summed E-state index contributed by atoms with van der Waals surface area (Å²) in [5.74, 6) is -0.289. The van der Waals surface area contributed by atoms with E-state index >= 15 is 0 Å². The SMILES string of the molecule is Cc1nc2nc(C3CCOC(c4cnn(C5CC5)c4)C3)nc(-c3ccc(Cl)cc3F)c2nc1C(F)F. The van der Waals surface area contributed by atoms with Crippen LogP contribution in [0.15, 0.2) is 30.6 Å². The number of hydrogen-bond donors (Lipinski definition) is 0. The average molecular weight is 515 g/mol. The van der Waals surface area contributed by atoms with Crippen LogP contribution >= 0.6 is 11.6 Å². The number of hydrogen-bond acceptors (Lipinski definition) is 6. The predicted octanol–water partition coefficient (Wildman–Crippen LogP) is 6.29. The summed E-state index contributed by atoms with van der Waals surface area (Å²) in [7, 11) is 0. The molecule has 0 amide bonds. The number of halogens is 4. The Bertz CT molecular complexity index is 1460. The fourth-order valence-corrected chi connectivity index (χ4v) is 4.80. The highest BCUT2D eigenvalue weighted by Crippen LogP contribution is 2.40. The lowest BCUT2D eigenvalue weighted by molar-refractivity contribution is 0.00396. The first-order valence-electron chi connectivity index (χ1n) is 11.8. The molecule has 2 atom stereocenters. The molecule has 2 aliphatic rings. The van der Waals surface area contributed by atoms with Crippen molar-refractivity contribution in [2.24, 2.45) is 0 Å². The van der Waals surface area contributed by atoms with E-state index < -0.39 is 17.9 Å². The second-order valence-corrected chi connectivity index (χ2v) is 9.72. The van der Waals surface area contributed by atoms with Crippen molar-refractivity contribution in [3.63, 3.8) is 0 Å². The monoisotopic (exact) mass is 514 g/mol. The summed E-state index contributed by atoms with van der Waals surface area (Å²) in [5, 5.41) is 4.68. The number of ether oxygens (including phenoxy) is 1. The van der Waals surface area contributed by atoms with Gasteiger partial charge in [0.1, 0.15) is 28.5 Å². The molecule has 4 heterocycles. The van der Waals surface area contributed by atoms with Crippen LogP contribution < -0.4 is 0 Å². The molecule has 7 nitrogen and oxygen atoms in total. The van der Waals surface area contributed by atoms with Gasteiger partial charge in [-0.3, -0.25) is 4.68 Å². The summed E-state index contributed by atoms with van der Waals surface area (Å²) in [6, 6.07) is 4.61. The van der Waals surface area contributed by atoms with E-state index in [1.165, 1.54) is 19.1 Å². The number of fused-ring (bicyclic) bond motifs is 1. The average Bonchev–Trinajstić information content (AvgIpc) is 3.59. The molecule has 1 aliphatic heterocycles. The van der Waals surface area contributed by atoms with Gasteiger partial charge in [-0.25, -0.2) is 33.1 Å². The number of aryl methyl sites for hydroxylation is 1. The van der Waals surface area contributed by atoms with E-state index in [1.54, 1.807) is 0 Å². The van der Waals surface area contributed by atoms with Crippen LogP contribution in [0.1, 0.15) is 72.9 Å². The molecule has 0 N–H and O–H groups in total. The summed E-state index contributed by atoms with van der Waals surface area (Å²) in [4.78, 5) is 17.7. The maximum Gasteiger partial charge on any atom is 0.282 e. The zero-order valence-electron chi connectivity index (χ0n) is 19.3. The van der Waals surface area contributed by atoms with Crippen molar-refractivity contribution >= 4 is 22.8 Å². The zero-order valence-corrected chi connectivity index (χ0v) is 20.1. The van der Waals surface area contributed by atoms with Gasteiger partial charge in [-0.1, -0.05) is 11.6 Å².